The van der Waals surface area contributed by atoms with Crippen molar-refractivity contribution in [3.63, 3.8) is 0 Å². The fourth-order valence-corrected chi connectivity index (χ4v) is 1.90. The van der Waals surface area contributed by atoms with Gasteiger partial charge in [-0.3, -0.25) is 4.98 Å². The number of nitrogens with zero attached hydrogens (tertiary/aromatic N) is 1. The predicted molar refractivity (Wildman–Crippen MR) is 49.5 cm³/mol. The van der Waals surface area contributed by atoms with Crippen LogP contribution in [0.3, 0.4) is 0 Å². The quantitative estimate of drug-likeness (QED) is 0.778. The summed E-state index contributed by atoms with van der Waals surface area (Å²) in [6.45, 7) is 1.38. The third-order valence-corrected chi connectivity index (χ3v) is 2.61. The number of nitrogens with one attached hydrogen (secondary N) is 1. The molecule has 15 heavy (non-hydrogen) atoms. The molecule has 0 amide bonds. The Hall–Kier alpha value is -1.10. The third-order valence-electron chi connectivity index (χ3n) is 2.61. The van der Waals surface area contributed by atoms with Crippen LogP contribution in [-0.2, 0) is 6.18 Å². The predicted octanol–water partition coefficient (Wildman–Crippen LogP) is 2.18. The van der Waals surface area contributed by atoms with Gasteiger partial charge in [0, 0.05) is 12.7 Å². The Bertz CT molecular complexity index is 343. The Kier molecular flexibility index (Phi) is 2.65. The number of hydrogen-bond donors (Lipinski definition) is 1. The molecule has 1 aromatic rings. The molecule has 0 saturated carbocycles. The zero-order valence-electron chi connectivity index (χ0n) is 8.01. The van der Waals surface area contributed by atoms with Crippen LogP contribution in [0.15, 0.2) is 18.3 Å². The van der Waals surface area contributed by atoms with E-state index in [9.17, 15) is 13.2 Å². The third kappa shape index (κ3) is 2.12. The summed E-state index contributed by atoms with van der Waals surface area (Å²) in [6.07, 6.45) is -2.41. The molecule has 0 aromatic carbocycles. The van der Waals surface area contributed by atoms with Crippen LogP contribution >= 0.6 is 0 Å². The van der Waals surface area contributed by atoms with Crippen molar-refractivity contribution in [3.05, 3.63) is 29.6 Å². The molecule has 1 aliphatic rings. The molecule has 0 radical (unpaired) electrons. The molecule has 1 N–H and O–H groups in total. The number of hydrogen-bond acceptors (Lipinski definition) is 2. The summed E-state index contributed by atoms with van der Waals surface area (Å²) in [5.74, 6) is -0.0599. The van der Waals surface area contributed by atoms with Gasteiger partial charge in [-0.2, -0.15) is 13.2 Å². The Morgan fingerprint density at radius 3 is 2.80 bits per heavy atom. The van der Waals surface area contributed by atoms with E-state index < -0.39 is 11.9 Å². The van der Waals surface area contributed by atoms with Crippen LogP contribution in [0.1, 0.15) is 23.6 Å². The fourth-order valence-electron chi connectivity index (χ4n) is 1.90. The van der Waals surface area contributed by atoms with Gasteiger partial charge in [0.2, 0.25) is 0 Å². The van der Waals surface area contributed by atoms with Crippen molar-refractivity contribution >= 4 is 0 Å². The summed E-state index contributed by atoms with van der Waals surface area (Å²) in [5, 5.41) is 3.05. The molecule has 5 heteroatoms. The van der Waals surface area contributed by atoms with E-state index in [0.717, 1.165) is 13.0 Å². The topological polar surface area (TPSA) is 24.9 Å². The second-order valence-corrected chi connectivity index (χ2v) is 3.63. The summed E-state index contributed by atoms with van der Waals surface area (Å²) < 4.78 is 37.9. The van der Waals surface area contributed by atoms with Crippen molar-refractivity contribution in [2.45, 2.75) is 18.5 Å². The molecule has 2 heterocycles. The minimum atomic E-state index is -4.35. The number of pyridine rings is 1. The highest BCUT2D eigenvalue weighted by Crippen LogP contribution is 2.35. The van der Waals surface area contributed by atoms with Crippen LogP contribution in [0.5, 0.6) is 0 Å². The Balaban J connectivity index is 2.37. The zero-order valence-corrected chi connectivity index (χ0v) is 8.01. The monoisotopic (exact) mass is 216 g/mol. The van der Waals surface area contributed by atoms with E-state index in [1.54, 1.807) is 6.07 Å². The average molecular weight is 216 g/mol. The van der Waals surface area contributed by atoms with Gasteiger partial charge in [-0.1, -0.05) is 6.07 Å². The van der Waals surface area contributed by atoms with Gasteiger partial charge >= 0.3 is 6.18 Å². The maximum Gasteiger partial charge on any atom is 0.433 e. The van der Waals surface area contributed by atoms with Crippen molar-refractivity contribution in [2.75, 3.05) is 13.1 Å². The zero-order chi connectivity index (χ0) is 10.9. The van der Waals surface area contributed by atoms with E-state index in [4.69, 9.17) is 0 Å². The lowest BCUT2D eigenvalue weighted by Crippen LogP contribution is -2.15. The van der Waals surface area contributed by atoms with Crippen molar-refractivity contribution in [1.82, 2.24) is 10.3 Å². The molecule has 2 rings (SSSR count). The van der Waals surface area contributed by atoms with Crippen LogP contribution < -0.4 is 5.32 Å². The van der Waals surface area contributed by atoms with Gasteiger partial charge in [-0.25, -0.2) is 0 Å². The molecule has 82 valence electrons. The molecule has 1 unspecified atom stereocenters. The van der Waals surface area contributed by atoms with Crippen LogP contribution in [0.2, 0.25) is 0 Å². The maximum absolute atomic E-state index is 12.6. The van der Waals surface area contributed by atoms with Crippen LogP contribution in [-0.4, -0.2) is 18.1 Å². The minimum absolute atomic E-state index is 0.0599. The number of rotatable bonds is 1. The molecular formula is C10H11F3N2. The van der Waals surface area contributed by atoms with E-state index in [2.05, 4.69) is 10.3 Å². The number of halogens is 3. The highest BCUT2D eigenvalue weighted by atomic mass is 19.4. The second-order valence-electron chi connectivity index (χ2n) is 3.63. The summed E-state index contributed by atoms with van der Waals surface area (Å²) in [4.78, 5) is 3.44. The first-order valence-corrected chi connectivity index (χ1v) is 4.82. The number of aromatic nitrogens is 1. The Labute approximate surface area is 85.5 Å². The molecule has 1 fully saturated rings. The minimum Gasteiger partial charge on any atom is -0.316 e. The van der Waals surface area contributed by atoms with Crippen molar-refractivity contribution < 1.29 is 13.2 Å². The first kappa shape index (κ1) is 10.4. The molecule has 0 spiro atoms. The molecule has 1 aromatic heterocycles. The van der Waals surface area contributed by atoms with E-state index in [-0.39, 0.29) is 5.92 Å². The largest absolute Gasteiger partial charge is 0.433 e. The van der Waals surface area contributed by atoms with Gasteiger partial charge in [0.05, 0.1) is 0 Å². The molecule has 2 nitrogen and oxygen atoms in total. The first-order chi connectivity index (χ1) is 7.09. The highest BCUT2D eigenvalue weighted by molar-refractivity contribution is 5.27. The van der Waals surface area contributed by atoms with Crippen molar-refractivity contribution in [1.29, 1.82) is 0 Å². The molecule has 1 aliphatic heterocycles. The van der Waals surface area contributed by atoms with Gasteiger partial charge in [-0.15, -0.1) is 0 Å². The van der Waals surface area contributed by atoms with E-state index in [1.807, 2.05) is 0 Å². The summed E-state index contributed by atoms with van der Waals surface area (Å²) in [7, 11) is 0. The van der Waals surface area contributed by atoms with Gasteiger partial charge in [0.15, 0.2) is 0 Å². The Morgan fingerprint density at radius 2 is 2.20 bits per heavy atom. The van der Waals surface area contributed by atoms with Gasteiger partial charge < -0.3 is 5.32 Å². The van der Waals surface area contributed by atoms with Crippen LogP contribution in [0, 0.1) is 0 Å². The lowest BCUT2D eigenvalue weighted by atomic mass is 9.96. The molecule has 0 bridgehead atoms. The van der Waals surface area contributed by atoms with Crippen molar-refractivity contribution in [3.8, 4) is 0 Å². The van der Waals surface area contributed by atoms with E-state index >= 15 is 0 Å². The maximum atomic E-state index is 12.6. The van der Waals surface area contributed by atoms with Gasteiger partial charge in [0.25, 0.3) is 0 Å². The molecular weight excluding hydrogens is 205 g/mol. The SMILES string of the molecule is FC(F)(F)c1ncccc1C1CCNC1. The standard InChI is InChI=1S/C10H11F3N2/c11-10(12,13)9-8(2-1-4-15-9)7-3-5-14-6-7/h1-2,4,7,14H,3,5-6H2. The van der Waals surface area contributed by atoms with Crippen molar-refractivity contribution in [2.24, 2.45) is 0 Å². The molecule has 1 atom stereocenters. The van der Waals surface area contributed by atoms with Gasteiger partial charge in [0.1, 0.15) is 5.69 Å². The van der Waals surface area contributed by atoms with E-state index in [1.165, 1.54) is 12.3 Å². The lowest BCUT2D eigenvalue weighted by molar-refractivity contribution is -0.142. The van der Waals surface area contributed by atoms with Crippen LogP contribution in [0.25, 0.3) is 0 Å². The molecule has 0 aliphatic carbocycles. The smallest absolute Gasteiger partial charge is 0.316 e. The van der Waals surface area contributed by atoms with Crippen LogP contribution in [0.4, 0.5) is 13.2 Å². The summed E-state index contributed by atoms with van der Waals surface area (Å²) in [6, 6.07) is 3.08. The summed E-state index contributed by atoms with van der Waals surface area (Å²) >= 11 is 0. The normalized spacial score (nSPS) is 21.9. The Morgan fingerprint density at radius 1 is 1.40 bits per heavy atom. The van der Waals surface area contributed by atoms with E-state index in [0.29, 0.717) is 12.1 Å². The average Bonchev–Trinajstić information content (AvgIpc) is 2.69. The molecule has 1 saturated heterocycles. The first-order valence-electron chi connectivity index (χ1n) is 4.82. The second kappa shape index (κ2) is 3.81. The summed E-state index contributed by atoms with van der Waals surface area (Å²) in [5.41, 5.74) is -0.422. The lowest BCUT2D eigenvalue weighted by Gasteiger charge is -2.15. The number of alkyl halides is 3. The van der Waals surface area contributed by atoms with Gasteiger partial charge in [-0.05, 0) is 30.5 Å². The fraction of sp³-hybridized carbons (Fsp3) is 0.500. The highest BCUT2D eigenvalue weighted by Gasteiger charge is 2.37.